The lowest BCUT2D eigenvalue weighted by molar-refractivity contribution is -0.105. The third kappa shape index (κ3) is 7.51. The molecular weight excluding hydrogens is 380 g/mol. The fourth-order valence-corrected chi connectivity index (χ4v) is 3.63. The first-order valence-corrected chi connectivity index (χ1v) is 10.9. The molecule has 1 fully saturated rings. The number of carbonyl (C=O) groups is 1. The molecule has 1 aliphatic rings. The van der Waals surface area contributed by atoms with Crippen molar-refractivity contribution < 1.29 is 4.79 Å². The maximum absolute atomic E-state index is 9.92. The number of halogens is 1. The zero-order chi connectivity index (χ0) is 20.9. The van der Waals surface area contributed by atoms with Crippen molar-refractivity contribution in [2.24, 2.45) is 0 Å². The summed E-state index contributed by atoms with van der Waals surface area (Å²) in [7, 11) is 0. The van der Waals surface area contributed by atoms with Crippen LogP contribution in [0.5, 0.6) is 0 Å². The predicted molar refractivity (Wildman–Crippen MR) is 125 cm³/mol. The van der Waals surface area contributed by atoms with E-state index in [2.05, 4.69) is 54.5 Å². The van der Waals surface area contributed by atoms with Gasteiger partial charge in [0.15, 0.2) is 0 Å². The number of carbonyl (C=O) groups excluding carboxylic acids is 1. The Balaban J connectivity index is 0.000000199. The van der Waals surface area contributed by atoms with Crippen LogP contribution in [-0.4, -0.2) is 11.4 Å². The molecule has 3 nitrogen and oxygen atoms in total. The first-order chi connectivity index (χ1) is 14.2. The molecule has 1 aromatic heterocycles. The smallest absolute Gasteiger partial charge is 0.211 e. The van der Waals surface area contributed by atoms with E-state index >= 15 is 0 Å². The second-order valence-electron chi connectivity index (χ2n) is 7.23. The van der Waals surface area contributed by atoms with Crippen molar-refractivity contribution in [3.05, 3.63) is 71.4 Å². The van der Waals surface area contributed by atoms with Crippen LogP contribution in [0.2, 0.25) is 5.02 Å². The van der Waals surface area contributed by atoms with Crippen LogP contribution in [-0.2, 0) is 4.79 Å². The second kappa shape index (κ2) is 12.9. The van der Waals surface area contributed by atoms with Gasteiger partial charge >= 0.3 is 0 Å². The van der Waals surface area contributed by atoms with Crippen molar-refractivity contribution >= 4 is 34.6 Å². The van der Waals surface area contributed by atoms with Gasteiger partial charge in [0.25, 0.3) is 0 Å². The summed E-state index contributed by atoms with van der Waals surface area (Å²) >= 11 is 5.60. The largest absolute Gasteiger partial charge is 0.329 e. The lowest BCUT2D eigenvalue weighted by Gasteiger charge is -2.23. The minimum atomic E-state index is 0.628. The van der Waals surface area contributed by atoms with Crippen LogP contribution >= 0.6 is 11.6 Å². The summed E-state index contributed by atoms with van der Waals surface area (Å²) in [5.74, 6) is 0.765. The number of hydrogen-bond acceptors (Lipinski definition) is 2. The number of anilines is 1. The molecule has 4 rings (SSSR count). The summed E-state index contributed by atoms with van der Waals surface area (Å²) in [5, 5.41) is 4.52. The molecule has 0 radical (unpaired) electrons. The van der Waals surface area contributed by atoms with Gasteiger partial charge in [-0.1, -0.05) is 69.3 Å². The van der Waals surface area contributed by atoms with Crippen LogP contribution < -0.4 is 5.32 Å². The molecule has 1 saturated carbocycles. The van der Waals surface area contributed by atoms with Gasteiger partial charge < -0.3 is 5.32 Å². The number of para-hydroxylation sites is 1. The number of fused-ring (bicyclic) bond motifs is 1. The first kappa shape index (κ1) is 22.9. The number of benzene rings is 2. The van der Waals surface area contributed by atoms with Crippen molar-refractivity contribution in [1.29, 1.82) is 0 Å². The number of rotatable bonds is 3. The molecule has 1 aliphatic carbocycles. The summed E-state index contributed by atoms with van der Waals surface area (Å²) in [4.78, 5) is 14.4. The van der Waals surface area contributed by atoms with Crippen molar-refractivity contribution in [2.45, 2.75) is 58.3 Å². The van der Waals surface area contributed by atoms with E-state index in [0.717, 1.165) is 17.1 Å². The zero-order valence-electron chi connectivity index (χ0n) is 17.4. The SMILES string of the molecule is CCC.O=CNc1ccc(Cl)cc1.c1ccc2c(C3CCCCC3)ccnc2c1. The molecule has 0 saturated heterocycles. The molecule has 154 valence electrons. The van der Waals surface area contributed by atoms with Crippen LogP contribution in [0.1, 0.15) is 63.9 Å². The van der Waals surface area contributed by atoms with Gasteiger partial charge in [0, 0.05) is 22.3 Å². The highest BCUT2D eigenvalue weighted by molar-refractivity contribution is 6.30. The highest BCUT2D eigenvalue weighted by Crippen LogP contribution is 2.35. The number of amides is 1. The number of nitrogens with one attached hydrogen (secondary N) is 1. The van der Waals surface area contributed by atoms with E-state index in [4.69, 9.17) is 11.6 Å². The van der Waals surface area contributed by atoms with Crippen LogP contribution in [0, 0.1) is 0 Å². The van der Waals surface area contributed by atoms with Gasteiger partial charge in [0.1, 0.15) is 0 Å². The maximum Gasteiger partial charge on any atom is 0.211 e. The number of pyridine rings is 1. The van der Waals surface area contributed by atoms with Gasteiger partial charge in [0.05, 0.1) is 5.52 Å². The topological polar surface area (TPSA) is 42.0 Å². The van der Waals surface area contributed by atoms with Gasteiger partial charge in [-0.15, -0.1) is 0 Å². The van der Waals surface area contributed by atoms with Gasteiger partial charge in [-0.2, -0.15) is 0 Å². The van der Waals surface area contributed by atoms with Crippen molar-refractivity contribution in [2.75, 3.05) is 5.32 Å². The Kier molecular flexibility index (Phi) is 10.2. The van der Waals surface area contributed by atoms with Gasteiger partial charge in [0.2, 0.25) is 6.41 Å². The fraction of sp³-hybridized carbons (Fsp3) is 0.360. The van der Waals surface area contributed by atoms with E-state index in [1.54, 1.807) is 24.3 Å². The molecule has 0 atom stereocenters. The fourth-order valence-electron chi connectivity index (χ4n) is 3.50. The van der Waals surface area contributed by atoms with Crippen molar-refractivity contribution in [1.82, 2.24) is 4.98 Å². The van der Waals surface area contributed by atoms with E-state index in [9.17, 15) is 4.79 Å². The number of nitrogens with zero attached hydrogens (tertiary/aromatic N) is 1. The minimum Gasteiger partial charge on any atom is -0.329 e. The molecule has 0 bridgehead atoms. The lowest BCUT2D eigenvalue weighted by Crippen LogP contribution is -2.05. The van der Waals surface area contributed by atoms with Crippen molar-refractivity contribution in [3.8, 4) is 0 Å². The highest BCUT2D eigenvalue weighted by atomic mass is 35.5. The van der Waals surface area contributed by atoms with E-state index in [-0.39, 0.29) is 0 Å². The first-order valence-electron chi connectivity index (χ1n) is 10.5. The number of hydrogen-bond donors (Lipinski definition) is 1. The summed E-state index contributed by atoms with van der Waals surface area (Å²) in [6.07, 6.45) is 10.7. The normalized spacial score (nSPS) is 13.5. The Hall–Kier alpha value is -2.39. The van der Waals surface area contributed by atoms with Crippen LogP contribution in [0.3, 0.4) is 0 Å². The minimum absolute atomic E-state index is 0.628. The van der Waals surface area contributed by atoms with Gasteiger partial charge in [-0.05, 0) is 60.7 Å². The summed E-state index contributed by atoms with van der Waals surface area (Å²) in [6.45, 7) is 4.25. The van der Waals surface area contributed by atoms with Gasteiger partial charge in [-0.3, -0.25) is 9.78 Å². The molecular formula is C25H31ClN2O. The Bertz CT molecular complexity index is 853. The molecule has 1 heterocycles. The second-order valence-corrected chi connectivity index (χ2v) is 7.66. The van der Waals surface area contributed by atoms with Gasteiger partial charge in [-0.25, -0.2) is 0 Å². The summed E-state index contributed by atoms with van der Waals surface area (Å²) < 4.78 is 0. The van der Waals surface area contributed by atoms with Crippen LogP contribution in [0.15, 0.2) is 60.8 Å². The molecule has 0 spiro atoms. The molecule has 4 heteroatoms. The molecule has 1 amide bonds. The Morgan fingerprint density at radius 1 is 1.00 bits per heavy atom. The predicted octanol–water partition coefficient (Wildman–Crippen LogP) is 7.61. The molecule has 1 N–H and O–H groups in total. The standard InChI is InChI=1S/C15H17N.C7H6ClNO.C3H8/c1-2-6-12(7-3-1)13-10-11-16-15-9-5-4-8-14(13)15;8-6-1-3-7(4-2-6)9-5-10;1-3-2/h4-5,8-12H,1-3,6-7H2;1-5H,(H,9,10);3H2,1-2H3. The van der Waals surface area contributed by atoms with Crippen LogP contribution in [0.4, 0.5) is 5.69 Å². The maximum atomic E-state index is 9.92. The third-order valence-corrected chi connectivity index (χ3v) is 5.05. The molecule has 0 aliphatic heterocycles. The van der Waals surface area contributed by atoms with E-state index in [0.29, 0.717) is 11.4 Å². The Morgan fingerprint density at radius 3 is 2.31 bits per heavy atom. The quantitative estimate of drug-likeness (QED) is 0.451. The average molecular weight is 411 g/mol. The monoisotopic (exact) mass is 410 g/mol. The zero-order valence-corrected chi connectivity index (χ0v) is 18.2. The van der Waals surface area contributed by atoms with Crippen LogP contribution in [0.25, 0.3) is 10.9 Å². The number of aromatic nitrogens is 1. The molecule has 3 aromatic rings. The summed E-state index contributed by atoms with van der Waals surface area (Å²) in [6, 6.07) is 17.6. The van der Waals surface area contributed by atoms with E-state index in [1.165, 1.54) is 49.5 Å². The lowest BCUT2D eigenvalue weighted by atomic mass is 9.83. The van der Waals surface area contributed by atoms with E-state index in [1.807, 2.05) is 6.20 Å². The summed E-state index contributed by atoms with van der Waals surface area (Å²) in [5.41, 5.74) is 3.41. The van der Waals surface area contributed by atoms with E-state index < -0.39 is 0 Å². The average Bonchev–Trinajstić information content (AvgIpc) is 2.77. The van der Waals surface area contributed by atoms with Crippen molar-refractivity contribution in [3.63, 3.8) is 0 Å². The molecule has 2 aromatic carbocycles. The highest BCUT2D eigenvalue weighted by Gasteiger charge is 2.17. The third-order valence-electron chi connectivity index (χ3n) is 4.80. The Labute approximate surface area is 179 Å². The Morgan fingerprint density at radius 2 is 1.66 bits per heavy atom. The molecule has 29 heavy (non-hydrogen) atoms. The molecule has 0 unspecified atom stereocenters.